The van der Waals surface area contributed by atoms with Crippen molar-refractivity contribution in [2.75, 3.05) is 19.7 Å². The van der Waals surface area contributed by atoms with Gasteiger partial charge in [0.25, 0.3) is 5.56 Å². The van der Waals surface area contributed by atoms with Gasteiger partial charge in [-0.1, -0.05) is 33.1 Å². The van der Waals surface area contributed by atoms with Crippen LogP contribution >= 0.6 is 0 Å². The molecule has 2 rings (SSSR count). The number of aromatic nitrogens is 1. The Balaban J connectivity index is 2.25. The summed E-state index contributed by atoms with van der Waals surface area (Å²) in [7, 11) is -3.77. The first-order valence-corrected chi connectivity index (χ1v) is 11.8. The van der Waals surface area contributed by atoms with Gasteiger partial charge in [0, 0.05) is 25.4 Å². The molecule has 0 bridgehead atoms. The summed E-state index contributed by atoms with van der Waals surface area (Å²) in [5.74, 6) is -1.01. The number of carbonyl (C=O) groups excluding carboxylic acids is 2. The van der Waals surface area contributed by atoms with E-state index in [4.69, 9.17) is 4.74 Å². The lowest BCUT2D eigenvalue weighted by Gasteiger charge is -2.35. The standard InChI is InChI=1S/C20H31N3O6S/c1-4-23(5-2)30(27,28)16-10-11-18(25)22(14-16)15-17(24)21-20(19(26)29-6-3)12-8-7-9-13-20/h10-11,14H,4-9,12-13,15H2,1-3H3,(H,21,24). The van der Waals surface area contributed by atoms with Crippen molar-refractivity contribution in [2.24, 2.45) is 0 Å². The number of hydrogen-bond acceptors (Lipinski definition) is 6. The van der Waals surface area contributed by atoms with E-state index in [1.54, 1.807) is 20.8 Å². The molecule has 0 radical (unpaired) electrons. The van der Waals surface area contributed by atoms with Crippen LogP contribution in [0.15, 0.2) is 28.0 Å². The number of pyridine rings is 1. The Bertz CT molecular complexity index is 915. The second kappa shape index (κ2) is 10.2. The van der Waals surface area contributed by atoms with Gasteiger partial charge in [-0.05, 0) is 25.8 Å². The zero-order valence-electron chi connectivity index (χ0n) is 17.8. The minimum absolute atomic E-state index is 0.0589. The maximum Gasteiger partial charge on any atom is 0.331 e. The minimum atomic E-state index is -3.77. The molecule has 9 nitrogen and oxygen atoms in total. The first-order chi connectivity index (χ1) is 14.2. The van der Waals surface area contributed by atoms with Crippen LogP contribution in [0.1, 0.15) is 52.9 Å². The largest absolute Gasteiger partial charge is 0.464 e. The van der Waals surface area contributed by atoms with Gasteiger partial charge in [-0.15, -0.1) is 0 Å². The molecular formula is C20H31N3O6S. The molecular weight excluding hydrogens is 410 g/mol. The molecule has 0 unspecified atom stereocenters. The number of sulfonamides is 1. The number of nitrogens with zero attached hydrogens (tertiary/aromatic N) is 2. The summed E-state index contributed by atoms with van der Waals surface area (Å²) in [5.41, 5.74) is -1.60. The topological polar surface area (TPSA) is 115 Å². The average Bonchev–Trinajstić information content (AvgIpc) is 2.71. The summed E-state index contributed by atoms with van der Waals surface area (Å²) in [6.07, 6.45) is 4.67. The van der Waals surface area contributed by atoms with E-state index in [0.717, 1.165) is 29.9 Å². The molecule has 1 aliphatic rings. The molecule has 1 fully saturated rings. The van der Waals surface area contributed by atoms with Gasteiger partial charge >= 0.3 is 5.97 Å². The molecule has 0 atom stereocenters. The van der Waals surface area contributed by atoms with Gasteiger partial charge in [-0.25, -0.2) is 13.2 Å². The van der Waals surface area contributed by atoms with Crippen molar-refractivity contribution in [1.29, 1.82) is 0 Å². The second-order valence-electron chi connectivity index (χ2n) is 7.33. The first kappa shape index (κ1) is 24.1. The van der Waals surface area contributed by atoms with Crippen molar-refractivity contribution < 1.29 is 22.7 Å². The summed E-state index contributed by atoms with van der Waals surface area (Å²) < 4.78 is 32.9. The van der Waals surface area contributed by atoms with E-state index in [-0.39, 0.29) is 18.0 Å². The van der Waals surface area contributed by atoms with Gasteiger partial charge < -0.3 is 14.6 Å². The van der Waals surface area contributed by atoms with Crippen LogP contribution in [0.25, 0.3) is 0 Å². The zero-order chi connectivity index (χ0) is 22.4. The van der Waals surface area contributed by atoms with Crippen LogP contribution < -0.4 is 10.9 Å². The molecule has 0 spiro atoms. The van der Waals surface area contributed by atoms with Crippen LogP contribution in [-0.4, -0.2) is 54.4 Å². The predicted octanol–water partition coefficient (Wildman–Crippen LogP) is 1.26. The van der Waals surface area contributed by atoms with E-state index in [1.165, 1.54) is 16.6 Å². The molecule has 10 heteroatoms. The average molecular weight is 442 g/mol. The number of hydrogen-bond donors (Lipinski definition) is 1. The third kappa shape index (κ3) is 5.28. The molecule has 1 amide bonds. The third-order valence-electron chi connectivity index (χ3n) is 5.37. The predicted molar refractivity (Wildman–Crippen MR) is 111 cm³/mol. The lowest BCUT2D eigenvalue weighted by Crippen LogP contribution is -2.57. The third-order valence-corrected chi connectivity index (χ3v) is 7.40. The molecule has 1 aromatic heterocycles. The van der Waals surface area contributed by atoms with Gasteiger partial charge in [0.05, 0.1) is 11.5 Å². The van der Waals surface area contributed by atoms with E-state index in [1.807, 2.05) is 0 Å². The molecule has 1 heterocycles. The molecule has 1 saturated carbocycles. The van der Waals surface area contributed by atoms with Crippen molar-refractivity contribution in [2.45, 2.75) is 69.9 Å². The Hall–Kier alpha value is -2.20. The molecule has 1 aliphatic carbocycles. The fraction of sp³-hybridized carbons (Fsp3) is 0.650. The molecule has 1 N–H and O–H groups in total. The Morgan fingerprint density at radius 3 is 2.33 bits per heavy atom. The number of ether oxygens (including phenoxy) is 1. The van der Waals surface area contributed by atoms with E-state index in [0.29, 0.717) is 25.9 Å². The van der Waals surface area contributed by atoms with Crippen LogP contribution in [0.4, 0.5) is 0 Å². The summed E-state index contributed by atoms with van der Waals surface area (Å²) in [6.45, 7) is 5.56. The maximum atomic E-state index is 12.7. The Morgan fingerprint density at radius 1 is 1.13 bits per heavy atom. The summed E-state index contributed by atoms with van der Waals surface area (Å²) >= 11 is 0. The van der Waals surface area contributed by atoms with E-state index in [9.17, 15) is 22.8 Å². The van der Waals surface area contributed by atoms with Crippen LogP contribution in [0.3, 0.4) is 0 Å². The van der Waals surface area contributed by atoms with Crippen LogP contribution in [-0.2, 0) is 30.9 Å². The van der Waals surface area contributed by atoms with Crippen molar-refractivity contribution in [3.63, 3.8) is 0 Å². The monoisotopic (exact) mass is 441 g/mol. The normalized spacial score (nSPS) is 16.3. The highest BCUT2D eigenvalue weighted by Gasteiger charge is 2.42. The van der Waals surface area contributed by atoms with Crippen molar-refractivity contribution in [1.82, 2.24) is 14.2 Å². The van der Waals surface area contributed by atoms with Crippen molar-refractivity contribution >= 4 is 21.9 Å². The number of rotatable bonds is 9. The van der Waals surface area contributed by atoms with E-state index < -0.39 is 33.0 Å². The van der Waals surface area contributed by atoms with Gasteiger partial charge in [0.2, 0.25) is 15.9 Å². The molecule has 0 aliphatic heterocycles. The summed E-state index contributed by atoms with van der Waals surface area (Å²) in [6, 6.07) is 2.37. The number of nitrogens with one attached hydrogen (secondary N) is 1. The fourth-order valence-electron chi connectivity index (χ4n) is 3.76. The smallest absolute Gasteiger partial charge is 0.331 e. The highest BCUT2D eigenvalue weighted by atomic mass is 32.2. The molecule has 0 aromatic carbocycles. The second-order valence-corrected chi connectivity index (χ2v) is 9.27. The SMILES string of the molecule is CCOC(=O)C1(NC(=O)Cn2cc(S(=O)(=O)N(CC)CC)ccc2=O)CCCCC1. The summed E-state index contributed by atoms with van der Waals surface area (Å²) in [5, 5.41) is 2.76. The van der Waals surface area contributed by atoms with Crippen LogP contribution in [0.5, 0.6) is 0 Å². The zero-order valence-corrected chi connectivity index (χ0v) is 18.7. The Labute approximate surface area is 177 Å². The summed E-state index contributed by atoms with van der Waals surface area (Å²) in [4.78, 5) is 37.4. The minimum Gasteiger partial charge on any atom is -0.464 e. The van der Waals surface area contributed by atoms with Gasteiger partial charge in [-0.3, -0.25) is 9.59 Å². The van der Waals surface area contributed by atoms with Gasteiger partial charge in [0.15, 0.2) is 0 Å². The molecule has 30 heavy (non-hydrogen) atoms. The van der Waals surface area contributed by atoms with Crippen molar-refractivity contribution in [3.8, 4) is 0 Å². The van der Waals surface area contributed by atoms with E-state index in [2.05, 4.69) is 5.32 Å². The number of amides is 1. The van der Waals surface area contributed by atoms with Gasteiger partial charge in [0.1, 0.15) is 12.1 Å². The quantitative estimate of drug-likeness (QED) is 0.577. The molecule has 0 saturated heterocycles. The Kier molecular flexibility index (Phi) is 8.19. The van der Waals surface area contributed by atoms with E-state index >= 15 is 0 Å². The number of carbonyl (C=O) groups is 2. The first-order valence-electron chi connectivity index (χ1n) is 10.4. The molecule has 1 aromatic rings. The van der Waals surface area contributed by atoms with Crippen LogP contribution in [0.2, 0.25) is 0 Å². The lowest BCUT2D eigenvalue weighted by molar-refractivity contribution is -0.155. The highest BCUT2D eigenvalue weighted by Crippen LogP contribution is 2.29. The Morgan fingerprint density at radius 2 is 1.77 bits per heavy atom. The maximum absolute atomic E-state index is 12.7. The van der Waals surface area contributed by atoms with Crippen LogP contribution in [0, 0.1) is 0 Å². The number of esters is 1. The lowest BCUT2D eigenvalue weighted by atomic mass is 9.81. The van der Waals surface area contributed by atoms with Gasteiger partial charge in [-0.2, -0.15) is 4.31 Å². The van der Waals surface area contributed by atoms with Crippen molar-refractivity contribution in [3.05, 3.63) is 28.7 Å². The fourth-order valence-corrected chi connectivity index (χ4v) is 5.24. The highest BCUT2D eigenvalue weighted by molar-refractivity contribution is 7.89. The molecule has 168 valence electrons.